The highest BCUT2D eigenvalue weighted by molar-refractivity contribution is 6.34. The number of rotatable bonds is 8. The zero-order valence-corrected chi connectivity index (χ0v) is 24.2. The molecule has 1 heterocycles. The summed E-state index contributed by atoms with van der Waals surface area (Å²) in [5.74, 6) is -0.807. The van der Waals surface area contributed by atoms with E-state index in [1.54, 1.807) is 57.3 Å². The number of carbonyl (C=O) groups is 3. The number of ether oxygens (including phenoxy) is 2. The zero-order chi connectivity index (χ0) is 29.0. The summed E-state index contributed by atoms with van der Waals surface area (Å²) in [5.41, 5.74) is 2.55. The van der Waals surface area contributed by atoms with E-state index in [-0.39, 0.29) is 10.9 Å². The summed E-state index contributed by atoms with van der Waals surface area (Å²) in [4.78, 5) is 42.2. The number of pyridine rings is 1. The Morgan fingerprint density at radius 2 is 1.73 bits per heavy atom. The number of nitrogens with one attached hydrogen (secondary N) is 2. The number of anilines is 2. The van der Waals surface area contributed by atoms with Gasteiger partial charge in [-0.1, -0.05) is 42.1 Å². The van der Waals surface area contributed by atoms with Crippen LogP contribution in [0.1, 0.15) is 62.0 Å². The molecule has 3 aromatic rings. The van der Waals surface area contributed by atoms with Gasteiger partial charge < -0.3 is 14.8 Å². The van der Waals surface area contributed by atoms with Crippen LogP contribution < -0.4 is 10.6 Å². The third-order valence-electron chi connectivity index (χ3n) is 6.30. The van der Waals surface area contributed by atoms with Crippen molar-refractivity contribution in [3.8, 4) is 11.1 Å². The highest BCUT2D eigenvalue weighted by Gasteiger charge is 2.32. The first-order valence-electron chi connectivity index (χ1n) is 12.9. The van der Waals surface area contributed by atoms with Crippen molar-refractivity contribution in [2.75, 3.05) is 17.7 Å². The van der Waals surface area contributed by atoms with Crippen molar-refractivity contribution in [1.29, 1.82) is 0 Å². The van der Waals surface area contributed by atoms with Gasteiger partial charge in [0.15, 0.2) is 0 Å². The Morgan fingerprint density at radius 3 is 2.33 bits per heavy atom. The third kappa shape index (κ3) is 7.73. The van der Waals surface area contributed by atoms with Gasteiger partial charge in [0.2, 0.25) is 5.91 Å². The Balaban J connectivity index is 1.56. The van der Waals surface area contributed by atoms with Gasteiger partial charge in [0.1, 0.15) is 5.60 Å². The summed E-state index contributed by atoms with van der Waals surface area (Å²) in [6.45, 7) is 5.37. The second-order valence-electron chi connectivity index (χ2n) is 10.7. The molecule has 1 aliphatic rings. The first-order valence-corrected chi connectivity index (χ1v) is 13.6. The largest absolute Gasteiger partial charge is 0.465 e. The second kappa shape index (κ2) is 12.3. The van der Waals surface area contributed by atoms with E-state index in [4.69, 9.17) is 32.7 Å². The lowest BCUT2D eigenvalue weighted by atomic mass is 9.95. The minimum absolute atomic E-state index is 0.232. The van der Waals surface area contributed by atoms with Crippen molar-refractivity contribution in [2.24, 2.45) is 5.92 Å². The maximum absolute atomic E-state index is 13.4. The first kappa shape index (κ1) is 29.4. The molecule has 0 saturated heterocycles. The standard InChI is InChI=1S/C30H31Cl2N3O5/c1-30(2,3)40-29(38)35-25-12-9-20(31)15-21(25)19-8-10-24(33-16-19)22(13-17-5-6-17)27(36)34-26-11-7-18(14-23(26)32)28(37)39-4/h7-12,14-17,22H,5-6,13H2,1-4H3,(H,34,36)(H,35,38). The van der Waals surface area contributed by atoms with Gasteiger partial charge in [-0.25, -0.2) is 9.59 Å². The second-order valence-corrected chi connectivity index (χ2v) is 11.5. The lowest BCUT2D eigenvalue weighted by Crippen LogP contribution is -2.27. The maximum atomic E-state index is 13.4. The predicted octanol–water partition coefficient (Wildman–Crippen LogP) is 7.71. The molecule has 8 nitrogen and oxygen atoms in total. The summed E-state index contributed by atoms with van der Waals surface area (Å²) >= 11 is 12.6. The van der Waals surface area contributed by atoms with Crippen LogP contribution in [0.25, 0.3) is 11.1 Å². The summed E-state index contributed by atoms with van der Waals surface area (Å²) in [5, 5.41) is 6.39. The molecule has 40 heavy (non-hydrogen) atoms. The van der Waals surface area contributed by atoms with Gasteiger partial charge in [0.25, 0.3) is 0 Å². The molecule has 10 heteroatoms. The van der Waals surface area contributed by atoms with Crippen LogP contribution in [-0.2, 0) is 14.3 Å². The van der Waals surface area contributed by atoms with Gasteiger partial charge in [-0.2, -0.15) is 0 Å². The Bertz CT molecular complexity index is 1420. The molecule has 1 saturated carbocycles. The lowest BCUT2D eigenvalue weighted by molar-refractivity contribution is -0.117. The molecule has 0 spiro atoms. The molecule has 0 bridgehead atoms. The number of benzene rings is 2. The van der Waals surface area contributed by atoms with Crippen molar-refractivity contribution in [3.63, 3.8) is 0 Å². The fraction of sp³-hybridized carbons (Fsp3) is 0.333. The topological polar surface area (TPSA) is 107 Å². The summed E-state index contributed by atoms with van der Waals surface area (Å²) in [6.07, 6.45) is 3.86. The molecule has 1 fully saturated rings. The monoisotopic (exact) mass is 583 g/mol. The van der Waals surface area contributed by atoms with Crippen molar-refractivity contribution in [3.05, 3.63) is 76.0 Å². The molecule has 1 atom stereocenters. The molecule has 2 amide bonds. The average molecular weight is 585 g/mol. The van der Waals surface area contributed by atoms with E-state index in [1.165, 1.54) is 13.2 Å². The van der Waals surface area contributed by atoms with E-state index in [0.29, 0.717) is 51.1 Å². The minimum atomic E-state index is -0.648. The van der Waals surface area contributed by atoms with E-state index < -0.39 is 23.6 Å². The van der Waals surface area contributed by atoms with Crippen LogP contribution in [-0.4, -0.2) is 35.7 Å². The van der Waals surface area contributed by atoms with E-state index in [0.717, 1.165) is 12.8 Å². The van der Waals surface area contributed by atoms with Crippen molar-refractivity contribution < 1.29 is 23.9 Å². The number of hydrogen-bond acceptors (Lipinski definition) is 6. The van der Waals surface area contributed by atoms with Gasteiger partial charge in [-0.3, -0.25) is 15.1 Å². The normalized spacial score (nSPS) is 13.8. The summed E-state index contributed by atoms with van der Waals surface area (Å²) in [7, 11) is 1.29. The third-order valence-corrected chi connectivity index (χ3v) is 6.85. The summed E-state index contributed by atoms with van der Waals surface area (Å²) in [6, 6.07) is 13.4. The highest BCUT2D eigenvalue weighted by Crippen LogP contribution is 2.40. The van der Waals surface area contributed by atoms with Gasteiger partial charge in [0.05, 0.1) is 40.7 Å². The highest BCUT2D eigenvalue weighted by atomic mass is 35.5. The van der Waals surface area contributed by atoms with E-state index in [2.05, 4.69) is 15.6 Å². The van der Waals surface area contributed by atoms with Crippen molar-refractivity contribution in [2.45, 2.75) is 51.6 Å². The molecule has 210 valence electrons. The number of carbonyl (C=O) groups excluding carboxylic acids is 3. The first-order chi connectivity index (χ1) is 18.9. The van der Waals surface area contributed by atoms with Crippen LogP contribution in [0.4, 0.5) is 16.2 Å². The van der Waals surface area contributed by atoms with E-state index >= 15 is 0 Å². The number of hydrogen-bond donors (Lipinski definition) is 2. The average Bonchev–Trinajstić information content (AvgIpc) is 3.72. The van der Waals surface area contributed by atoms with Gasteiger partial charge in [-0.05, 0) is 75.6 Å². The molecule has 4 rings (SSSR count). The SMILES string of the molecule is COC(=O)c1ccc(NC(=O)C(CC2CC2)c2ccc(-c3cc(Cl)ccc3NC(=O)OC(C)(C)C)cn2)c(Cl)c1. The quantitative estimate of drug-likeness (QED) is 0.263. The number of nitrogens with zero attached hydrogens (tertiary/aromatic N) is 1. The Morgan fingerprint density at radius 1 is 1.00 bits per heavy atom. The number of aromatic nitrogens is 1. The molecular formula is C30H31Cl2N3O5. The minimum Gasteiger partial charge on any atom is -0.465 e. The number of methoxy groups -OCH3 is 1. The Kier molecular flexibility index (Phi) is 9.01. The Labute approximate surface area is 243 Å². The fourth-order valence-electron chi connectivity index (χ4n) is 4.18. The van der Waals surface area contributed by atoms with Gasteiger partial charge in [0, 0.05) is 22.3 Å². The molecule has 1 aliphatic carbocycles. The van der Waals surface area contributed by atoms with Crippen LogP contribution in [0.15, 0.2) is 54.7 Å². The van der Waals surface area contributed by atoms with E-state index in [1.807, 2.05) is 12.1 Å². The molecule has 1 unspecified atom stereocenters. The van der Waals surface area contributed by atoms with Crippen molar-refractivity contribution in [1.82, 2.24) is 4.98 Å². The number of esters is 1. The Hall–Kier alpha value is -3.62. The van der Waals surface area contributed by atoms with Gasteiger partial charge in [-0.15, -0.1) is 0 Å². The maximum Gasteiger partial charge on any atom is 0.412 e. The smallest absolute Gasteiger partial charge is 0.412 e. The van der Waals surface area contributed by atoms with Crippen LogP contribution in [0.2, 0.25) is 10.0 Å². The number of amides is 2. The van der Waals surface area contributed by atoms with Crippen LogP contribution in [0.3, 0.4) is 0 Å². The molecule has 1 aromatic heterocycles. The van der Waals surface area contributed by atoms with Crippen LogP contribution in [0.5, 0.6) is 0 Å². The molecule has 2 aromatic carbocycles. The summed E-state index contributed by atoms with van der Waals surface area (Å²) < 4.78 is 10.1. The number of halogens is 2. The van der Waals surface area contributed by atoms with Crippen LogP contribution in [0, 0.1) is 5.92 Å². The molecular weight excluding hydrogens is 553 g/mol. The fourth-order valence-corrected chi connectivity index (χ4v) is 4.58. The molecule has 0 radical (unpaired) electrons. The zero-order valence-electron chi connectivity index (χ0n) is 22.7. The predicted molar refractivity (Wildman–Crippen MR) is 156 cm³/mol. The van der Waals surface area contributed by atoms with E-state index in [9.17, 15) is 14.4 Å². The molecule has 2 N–H and O–H groups in total. The van der Waals surface area contributed by atoms with Crippen LogP contribution >= 0.6 is 23.2 Å². The molecule has 0 aliphatic heterocycles. The van der Waals surface area contributed by atoms with Crippen molar-refractivity contribution >= 4 is 52.5 Å². The van der Waals surface area contributed by atoms with Gasteiger partial charge >= 0.3 is 12.1 Å². The lowest BCUT2D eigenvalue weighted by Gasteiger charge is -2.21.